The molecule has 0 amide bonds. The molecule has 0 fully saturated rings. The van der Waals surface area contributed by atoms with E-state index >= 15 is 0 Å². The zero-order valence-corrected chi connectivity index (χ0v) is 22.1. The molecule has 0 bridgehead atoms. The molecule has 198 valence electrons. The first-order chi connectivity index (χ1) is 17.3. The maximum atomic E-state index is 11.9. The Morgan fingerprint density at radius 1 is 0.944 bits per heavy atom. The molecule has 0 radical (unpaired) electrons. The van der Waals surface area contributed by atoms with Crippen LogP contribution >= 0.6 is 0 Å². The monoisotopic (exact) mass is 519 g/mol. The van der Waals surface area contributed by atoms with Crippen LogP contribution in [-0.2, 0) is 30.5 Å². The van der Waals surface area contributed by atoms with Crippen molar-refractivity contribution in [1.29, 1.82) is 0 Å². The summed E-state index contributed by atoms with van der Waals surface area (Å²) < 4.78 is 44.8. The van der Waals surface area contributed by atoms with Crippen molar-refractivity contribution in [2.24, 2.45) is 0 Å². The predicted molar refractivity (Wildman–Crippen MR) is 142 cm³/mol. The van der Waals surface area contributed by atoms with E-state index in [0.29, 0.717) is 44.3 Å². The molecular formula is C27H37NO7S. The summed E-state index contributed by atoms with van der Waals surface area (Å²) in [5.74, 6) is 0.724. The van der Waals surface area contributed by atoms with Gasteiger partial charge in [0.15, 0.2) is 21.3 Å². The van der Waals surface area contributed by atoms with Crippen LogP contribution in [0.3, 0.4) is 0 Å². The zero-order valence-electron chi connectivity index (χ0n) is 21.3. The summed E-state index contributed by atoms with van der Waals surface area (Å²) in [5, 5.41) is 2.89. The van der Waals surface area contributed by atoms with Gasteiger partial charge in [-0.15, -0.1) is 0 Å². The first-order valence-electron chi connectivity index (χ1n) is 12.1. The van der Waals surface area contributed by atoms with Crippen LogP contribution in [-0.4, -0.2) is 59.6 Å². The molecule has 0 aliphatic carbocycles. The van der Waals surface area contributed by atoms with Crippen molar-refractivity contribution in [3.05, 3.63) is 59.7 Å². The van der Waals surface area contributed by atoms with E-state index in [1.807, 2.05) is 49.4 Å². The normalized spacial score (nSPS) is 11.4. The summed E-state index contributed by atoms with van der Waals surface area (Å²) >= 11 is 0. The average Bonchev–Trinajstić information content (AvgIpc) is 2.85. The maximum absolute atomic E-state index is 11.9. The smallest absolute Gasteiger partial charge is 0.330 e. The molecule has 0 unspecified atom stereocenters. The summed E-state index contributed by atoms with van der Waals surface area (Å²) in [5.41, 5.74) is 2.61. The van der Waals surface area contributed by atoms with Crippen molar-refractivity contribution in [1.82, 2.24) is 0 Å². The Hall–Kier alpha value is -3.04. The van der Waals surface area contributed by atoms with E-state index in [9.17, 15) is 13.2 Å². The minimum absolute atomic E-state index is 0.101. The third-order valence-corrected chi connectivity index (χ3v) is 5.62. The minimum Gasteiger partial charge on any atom is -0.490 e. The number of rotatable bonds is 17. The number of nitrogens with one attached hydrogen (secondary N) is 1. The molecule has 0 heterocycles. The highest BCUT2D eigenvalue weighted by Gasteiger charge is 2.08. The lowest BCUT2D eigenvalue weighted by Crippen LogP contribution is -2.12. The molecule has 0 aromatic heterocycles. The molecule has 0 aliphatic heterocycles. The largest absolute Gasteiger partial charge is 0.490 e. The van der Waals surface area contributed by atoms with Crippen LogP contribution in [0.5, 0.6) is 11.5 Å². The number of unbranched alkanes of at least 4 members (excludes halogenated alkanes) is 1. The van der Waals surface area contributed by atoms with Gasteiger partial charge in [0, 0.05) is 31.0 Å². The van der Waals surface area contributed by atoms with Crippen LogP contribution < -0.4 is 14.8 Å². The lowest BCUT2D eigenvalue weighted by molar-refractivity contribution is -0.139. The Bertz CT molecular complexity index is 1070. The molecule has 0 saturated carbocycles. The van der Waals surface area contributed by atoms with Crippen molar-refractivity contribution in [2.75, 3.05) is 50.5 Å². The van der Waals surface area contributed by atoms with Crippen molar-refractivity contribution < 1.29 is 32.2 Å². The van der Waals surface area contributed by atoms with Gasteiger partial charge >= 0.3 is 5.97 Å². The van der Waals surface area contributed by atoms with Crippen molar-refractivity contribution in [3.8, 4) is 11.5 Å². The van der Waals surface area contributed by atoms with Crippen LogP contribution in [0.4, 0.5) is 5.69 Å². The molecule has 2 rings (SSSR count). The van der Waals surface area contributed by atoms with Crippen molar-refractivity contribution in [3.63, 3.8) is 0 Å². The number of ether oxygens (including phenoxy) is 4. The number of sulfone groups is 1. The van der Waals surface area contributed by atoms with E-state index < -0.39 is 15.8 Å². The molecule has 0 aliphatic rings. The standard InChI is InChI=1S/C27H37NO7S/c1-4-6-16-33-26-20-23(10-14-27(29)35-19-18-32-5-2)9-13-25(26)34-17-15-22-7-11-24(12-8-22)28-21-36(3,30)31/h7-14,20,28H,4-6,15-19,21H2,1-3H3. The second-order valence-electron chi connectivity index (χ2n) is 8.15. The third-order valence-electron chi connectivity index (χ3n) is 4.95. The van der Waals surface area contributed by atoms with Gasteiger partial charge in [-0.2, -0.15) is 0 Å². The van der Waals surface area contributed by atoms with Gasteiger partial charge in [-0.3, -0.25) is 0 Å². The van der Waals surface area contributed by atoms with Crippen LogP contribution in [0.25, 0.3) is 6.08 Å². The fourth-order valence-corrected chi connectivity index (χ4v) is 3.46. The quantitative estimate of drug-likeness (QED) is 0.185. The summed E-state index contributed by atoms with van der Waals surface area (Å²) in [6.45, 7) is 6.18. The summed E-state index contributed by atoms with van der Waals surface area (Å²) in [4.78, 5) is 11.9. The SMILES string of the molecule is CCCCOc1cc(C=CC(=O)OCCOCC)ccc1OCCc1ccc(NCS(C)(=O)=O)cc1. The average molecular weight is 520 g/mol. The van der Waals surface area contributed by atoms with Crippen LogP contribution in [0.1, 0.15) is 37.8 Å². The van der Waals surface area contributed by atoms with Gasteiger partial charge in [-0.05, 0) is 54.8 Å². The summed E-state index contributed by atoms with van der Waals surface area (Å²) in [6.07, 6.45) is 6.86. The number of esters is 1. The molecule has 8 nitrogen and oxygen atoms in total. The maximum Gasteiger partial charge on any atom is 0.330 e. The molecule has 2 aromatic carbocycles. The highest BCUT2D eigenvalue weighted by Crippen LogP contribution is 2.29. The number of anilines is 1. The van der Waals surface area contributed by atoms with E-state index in [1.165, 1.54) is 12.3 Å². The van der Waals surface area contributed by atoms with E-state index in [-0.39, 0.29) is 12.5 Å². The number of carbonyl (C=O) groups excluding carboxylic acids is 1. The summed E-state index contributed by atoms with van der Waals surface area (Å²) in [7, 11) is -3.08. The Morgan fingerprint density at radius 2 is 1.69 bits per heavy atom. The van der Waals surface area contributed by atoms with Gasteiger partial charge in [-0.25, -0.2) is 13.2 Å². The molecule has 0 saturated heterocycles. The molecular weight excluding hydrogens is 482 g/mol. The van der Waals surface area contributed by atoms with Gasteiger partial charge in [0.1, 0.15) is 12.5 Å². The molecule has 1 N–H and O–H groups in total. The summed E-state index contributed by atoms with van der Waals surface area (Å²) in [6, 6.07) is 13.1. The van der Waals surface area contributed by atoms with E-state index in [0.717, 1.165) is 29.7 Å². The van der Waals surface area contributed by atoms with Gasteiger partial charge in [0.2, 0.25) is 0 Å². The second kappa shape index (κ2) is 15.9. The Morgan fingerprint density at radius 3 is 2.39 bits per heavy atom. The number of benzene rings is 2. The van der Waals surface area contributed by atoms with Gasteiger partial charge < -0.3 is 24.3 Å². The molecule has 0 atom stereocenters. The first-order valence-corrected chi connectivity index (χ1v) is 14.2. The Labute approximate surface area is 214 Å². The van der Waals surface area contributed by atoms with Crippen LogP contribution in [0.2, 0.25) is 0 Å². The number of hydrogen-bond donors (Lipinski definition) is 1. The second-order valence-corrected chi connectivity index (χ2v) is 10.3. The highest BCUT2D eigenvalue weighted by molar-refractivity contribution is 7.90. The van der Waals surface area contributed by atoms with Gasteiger partial charge in [-0.1, -0.05) is 31.5 Å². The topological polar surface area (TPSA) is 100 Å². The van der Waals surface area contributed by atoms with E-state index in [1.54, 1.807) is 6.08 Å². The third kappa shape index (κ3) is 12.1. The van der Waals surface area contributed by atoms with E-state index in [2.05, 4.69) is 12.2 Å². The molecule has 36 heavy (non-hydrogen) atoms. The van der Waals surface area contributed by atoms with Gasteiger partial charge in [0.05, 0.1) is 19.8 Å². The number of hydrogen-bond acceptors (Lipinski definition) is 8. The molecule has 9 heteroatoms. The molecule has 2 aromatic rings. The van der Waals surface area contributed by atoms with E-state index in [4.69, 9.17) is 18.9 Å². The highest BCUT2D eigenvalue weighted by atomic mass is 32.2. The fraction of sp³-hybridized carbons (Fsp3) is 0.444. The Kier molecular flexibility index (Phi) is 12.9. The van der Waals surface area contributed by atoms with Crippen LogP contribution in [0.15, 0.2) is 48.5 Å². The van der Waals surface area contributed by atoms with Gasteiger partial charge in [0.25, 0.3) is 0 Å². The minimum atomic E-state index is -3.08. The lowest BCUT2D eigenvalue weighted by atomic mass is 10.1. The van der Waals surface area contributed by atoms with Crippen molar-refractivity contribution >= 4 is 27.6 Å². The number of carbonyl (C=O) groups is 1. The first kappa shape index (κ1) is 29.2. The van der Waals surface area contributed by atoms with Crippen LogP contribution in [0, 0.1) is 0 Å². The lowest BCUT2D eigenvalue weighted by Gasteiger charge is -2.14. The predicted octanol–water partition coefficient (Wildman–Crippen LogP) is 4.49. The fourth-order valence-electron chi connectivity index (χ4n) is 3.03. The Balaban J connectivity index is 1.94. The molecule has 0 spiro atoms. The van der Waals surface area contributed by atoms with Crippen molar-refractivity contribution in [2.45, 2.75) is 33.1 Å². The zero-order chi connectivity index (χ0) is 26.2.